The average molecular weight is 258 g/mol. The summed E-state index contributed by atoms with van der Waals surface area (Å²) in [6, 6.07) is 0.204. The molecule has 5 nitrogen and oxygen atoms in total. The van der Waals surface area contributed by atoms with Crippen molar-refractivity contribution in [2.45, 2.75) is 18.9 Å². The Morgan fingerprint density at radius 1 is 1.67 bits per heavy atom. The number of nitrogens with one attached hydrogen (secondary N) is 1. The molecule has 0 aliphatic carbocycles. The van der Waals surface area contributed by atoms with E-state index in [1.54, 1.807) is 6.92 Å². The van der Waals surface area contributed by atoms with Gasteiger partial charge in [0.15, 0.2) is 0 Å². The molecule has 1 aliphatic rings. The number of halogens is 2. The van der Waals surface area contributed by atoms with Gasteiger partial charge in [-0.15, -0.1) is 0 Å². The summed E-state index contributed by atoms with van der Waals surface area (Å²) in [5.74, 6) is -4.22. The Kier molecular flexibility index (Phi) is 3.16. The Morgan fingerprint density at radius 2 is 2.39 bits per heavy atom. The number of alkyl halides is 2. The predicted molar refractivity (Wildman–Crippen MR) is 59.1 cm³/mol. The van der Waals surface area contributed by atoms with Crippen molar-refractivity contribution in [1.82, 2.24) is 4.98 Å². The number of aromatic nitrogens is 1. The summed E-state index contributed by atoms with van der Waals surface area (Å²) in [6.45, 7) is 0.838. The number of hydrogen-bond donors (Lipinski definition) is 2. The molecule has 1 aromatic heterocycles. The molecule has 1 fully saturated rings. The maximum absolute atomic E-state index is 13.4. The summed E-state index contributed by atoms with van der Waals surface area (Å²) in [5, 5.41) is 11.5. The van der Waals surface area contributed by atoms with Crippen molar-refractivity contribution in [2.24, 2.45) is 0 Å². The van der Waals surface area contributed by atoms with E-state index in [4.69, 9.17) is 9.84 Å². The Hall–Kier alpha value is -1.76. The second-order valence-corrected chi connectivity index (χ2v) is 4.15. The van der Waals surface area contributed by atoms with E-state index in [2.05, 4.69) is 10.3 Å². The standard InChI is InChI=1S/C11H12F2N2O3/c1-6-2-8(7(3-14-6)10(16)17)15-9-4-18-5-11(9,12)13/h2-3,9H,4-5H2,1H3,(H,14,15)(H,16,17). The fourth-order valence-electron chi connectivity index (χ4n) is 1.72. The van der Waals surface area contributed by atoms with Crippen LogP contribution in [0.5, 0.6) is 0 Å². The van der Waals surface area contributed by atoms with Crippen molar-refractivity contribution in [2.75, 3.05) is 18.5 Å². The monoisotopic (exact) mass is 258 g/mol. The van der Waals surface area contributed by atoms with E-state index in [0.717, 1.165) is 6.20 Å². The number of anilines is 1. The van der Waals surface area contributed by atoms with E-state index >= 15 is 0 Å². The van der Waals surface area contributed by atoms with Gasteiger partial charge in [-0.2, -0.15) is 0 Å². The van der Waals surface area contributed by atoms with Crippen LogP contribution in [0, 0.1) is 6.92 Å². The van der Waals surface area contributed by atoms with Crippen LogP contribution in [0.2, 0.25) is 0 Å². The molecule has 0 amide bonds. The van der Waals surface area contributed by atoms with Gasteiger partial charge in [0.25, 0.3) is 5.92 Å². The van der Waals surface area contributed by atoms with Crippen LogP contribution in [0.25, 0.3) is 0 Å². The maximum Gasteiger partial charge on any atom is 0.339 e. The number of carboxylic acids is 1. The second kappa shape index (κ2) is 4.49. The van der Waals surface area contributed by atoms with E-state index in [9.17, 15) is 13.6 Å². The lowest BCUT2D eigenvalue weighted by Crippen LogP contribution is -2.38. The summed E-state index contributed by atoms with van der Waals surface area (Å²) < 4.78 is 31.5. The van der Waals surface area contributed by atoms with E-state index in [-0.39, 0.29) is 17.9 Å². The van der Waals surface area contributed by atoms with Gasteiger partial charge in [0.05, 0.1) is 12.3 Å². The van der Waals surface area contributed by atoms with Crippen LogP contribution in [0.4, 0.5) is 14.5 Å². The van der Waals surface area contributed by atoms with Crippen molar-refractivity contribution in [3.63, 3.8) is 0 Å². The minimum Gasteiger partial charge on any atom is -0.478 e. The molecule has 1 unspecified atom stereocenters. The van der Waals surface area contributed by atoms with Crippen LogP contribution in [0.15, 0.2) is 12.3 Å². The van der Waals surface area contributed by atoms with Gasteiger partial charge in [-0.3, -0.25) is 4.98 Å². The van der Waals surface area contributed by atoms with Gasteiger partial charge in [-0.05, 0) is 13.0 Å². The number of pyridine rings is 1. The number of ether oxygens (including phenoxy) is 1. The Labute approximate surface area is 102 Å². The smallest absolute Gasteiger partial charge is 0.339 e. The van der Waals surface area contributed by atoms with Crippen molar-refractivity contribution in [3.8, 4) is 0 Å². The van der Waals surface area contributed by atoms with Crippen molar-refractivity contribution >= 4 is 11.7 Å². The molecule has 1 saturated heterocycles. The highest BCUT2D eigenvalue weighted by Gasteiger charge is 2.45. The lowest BCUT2D eigenvalue weighted by molar-refractivity contribution is -0.0132. The third kappa shape index (κ3) is 2.40. The molecule has 7 heteroatoms. The summed E-state index contributed by atoms with van der Waals surface area (Å²) in [4.78, 5) is 14.8. The highest BCUT2D eigenvalue weighted by molar-refractivity contribution is 5.93. The molecule has 0 aromatic carbocycles. The molecule has 98 valence electrons. The average Bonchev–Trinajstić information content (AvgIpc) is 2.58. The van der Waals surface area contributed by atoms with Gasteiger partial charge < -0.3 is 15.2 Å². The number of aromatic carboxylic acids is 1. The summed E-state index contributed by atoms with van der Waals surface area (Å²) in [6.07, 6.45) is 1.15. The number of carbonyl (C=O) groups is 1. The van der Waals surface area contributed by atoms with Gasteiger partial charge in [-0.1, -0.05) is 0 Å². The van der Waals surface area contributed by atoms with Crippen LogP contribution < -0.4 is 5.32 Å². The lowest BCUT2D eigenvalue weighted by atomic mass is 10.1. The van der Waals surface area contributed by atoms with E-state index < -0.39 is 24.5 Å². The first-order chi connectivity index (χ1) is 8.40. The highest BCUT2D eigenvalue weighted by Crippen LogP contribution is 2.29. The number of nitrogens with zero attached hydrogens (tertiary/aromatic N) is 1. The van der Waals surface area contributed by atoms with Crippen molar-refractivity contribution in [3.05, 3.63) is 23.5 Å². The van der Waals surface area contributed by atoms with Crippen LogP contribution in [-0.2, 0) is 4.74 Å². The third-order valence-electron chi connectivity index (χ3n) is 2.69. The zero-order valence-corrected chi connectivity index (χ0v) is 9.61. The molecule has 0 radical (unpaired) electrons. The summed E-state index contributed by atoms with van der Waals surface area (Å²) in [5.41, 5.74) is 0.540. The minimum atomic E-state index is -3.01. The maximum atomic E-state index is 13.4. The molecule has 1 atom stereocenters. The highest BCUT2D eigenvalue weighted by atomic mass is 19.3. The zero-order valence-electron chi connectivity index (χ0n) is 9.61. The molecule has 0 spiro atoms. The van der Waals surface area contributed by atoms with Gasteiger partial charge >= 0.3 is 5.97 Å². The van der Waals surface area contributed by atoms with Gasteiger partial charge in [0.2, 0.25) is 0 Å². The van der Waals surface area contributed by atoms with Gasteiger partial charge in [0, 0.05) is 11.9 Å². The SMILES string of the molecule is Cc1cc(NC2COCC2(F)F)c(C(=O)O)cn1. The first kappa shape index (κ1) is 12.7. The summed E-state index contributed by atoms with van der Waals surface area (Å²) in [7, 11) is 0. The molecule has 1 aliphatic heterocycles. The molecule has 2 rings (SSSR count). The fraction of sp³-hybridized carbons (Fsp3) is 0.455. The molecule has 0 bridgehead atoms. The molecule has 18 heavy (non-hydrogen) atoms. The number of hydrogen-bond acceptors (Lipinski definition) is 4. The second-order valence-electron chi connectivity index (χ2n) is 4.15. The Morgan fingerprint density at radius 3 is 2.94 bits per heavy atom. The molecule has 0 saturated carbocycles. The van der Waals surface area contributed by atoms with Gasteiger partial charge in [-0.25, -0.2) is 13.6 Å². The molecular formula is C11H12F2N2O3. The topological polar surface area (TPSA) is 71.5 Å². The number of rotatable bonds is 3. The molecule has 2 N–H and O–H groups in total. The molecular weight excluding hydrogens is 246 g/mol. The van der Waals surface area contributed by atoms with Crippen LogP contribution in [0.3, 0.4) is 0 Å². The Bertz CT molecular complexity index is 479. The number of aryl methyl sites for hydroxylation is 1. The summed E-state index contributed by atoms with van der Waals surface area (Å²) >= 11 is 0. The van der Waals surface area contributed by atoms with Crippen LogP contribution in [-0.4, -0.2) is 41.2 Å². The lowest BCUT2D eigenvalue weighted by Gasteiger charge is -2.20. The van der Waals surface area contributed by atoms with Crippen LogP contribution >= 0.6 is 0 Å². The van der Waals surface area contributed by atoms with E-state index in [1.165, 1.54) is 6.07 Å². The number of carboxylic acid groups (broad SMARTS) is 1. The van der Waals surface area contributed by atoms with Gasteiger partial charge in [0.1, 0.15) is 18.2 Å². The first-order valence-corrected chi connectivity index (χ1v) is 5.32. The van der Waals surface area contributed by atoms with Crippen molar-refractivity contribution < 1.29 is 23.4 Å². The van der Waals surface area contributed by atoms with Crippen LogP contribution in [0.1, 0.15) is 16.1 Å². The Balaban J connectivity index is 2.28. The zero-order chi connectivity index (χ0) is 13.3. The first-order valence-electron chi connectivity index (χ1n) is 5.32. The molecule has 1 aromatic rings. The predicted octanol–water partition coefficient (Wildman–Crippen LogP) is 1.53. The molecule has 2 heterocycles. The third-order valence-corrected chi connectivity index (χ3v) is 2.69. The van der Waals surface area contributed by atoms with Crippen molar-refractivity contribution in [1.29, 1.82) is 0 Å². The van der Waals surface area contributed by atoms with E-state index in [0.29, 0.717) is 5.69 Å². The fourth-order valence-corrected chi connectivity index (χ4v) is 1.72. The quantitative estimate of drug-likeness (QED) is 0.860. The normalized spacial score (nSPS) is 21.8. The largest absolute Gasteiger partial charge is 0.478 e. The minimum absolute atomic E-state index is 0.130. The van der Waals surface area contributed by atoms with E-state index in [1.807, 2.05) is 0 Å².